The zero-order valence-electron chi connectivity index (χ0n) is 33.8. The van der Waals surface area contributed by atoms with Crippen LogP contribution >= 0.6 is 0 Å². The molecule has 4 rings (SSSR count). The maximum atomic E-state index is 12.4. The number of aromatic nitrogens is 5. The Labute approximate surface area is 338 Å². The van der Waals surface area contributed by atoms with Crippen LogP contribution < -0.4 is 4.90 Å². The average molecular weight is 814 g/mol. The summed E-state index contributed by atoms with van der Waals surface area (Å²) in [4.78, 5) is 29.5. The first kappa shape index (κ1) is 46.3. The number of hydrogen-bond acceptors (Lipinski definition) is 15. The average Bonchev–Trinajstić information content (AvgIpc) is 3.81. The Morgan fingerprint density at radius 1 is 0.759 bits per heavy atom. The zero-order chi connectivity index (χ0) is 41.0. The fraction of sp³-hybridized carbons (Fsp3) is 0.641. The molecule has 2 N–H and O–H groups in total. The molecule has 0 spiro atoms. The van der Waals surface area contributed by atoms with Crippen molar-refractivity contribution >= 4 is 33.5 Å². The number of H-pyrrole nitrogens is 1. The molecular formula is C39H59N9O10. The van der Waals surface area contributed by atoms with Gasteiger partial charge in [-0.1, -0.05) is 11.5 Å². The van der Waals surface area contributed by atoms with Gasteiger partial charge in [0.15, 0.2) is 5.65 Å². The summed E-state index contributed by atoms with van der Waals surface area (Å²) in [5.74, 6) is 1.17. The van der Waals surface area contributed by atoms with Crippen molar-refractivity contribution in [3.8, 4) is 17.1 Å². The predicted molar refractivity (Wildman–Crippen MR) is 217 cm³/mol. The van der Waals surface area contributed by atoms with E-state index in [2.05, 4.69) is 25.0 Å². The first-order valence-electron chi connectivity index (χ1n) is 19.8. The minimum atomic E-state index is 0.190. The first-order valence-corrected chi connectivity index (χ1v) is 19.8. The van der Waals surface area contributed by atoms with Crippen LogP contribution in [0.5, 0.6) is 5.75 Å². The molecule has 0 aliphatic rings. The predicted octanol–water partition coefficient (Wildman–Crippen LogP) is 4.71. The standard InChI is InChI=1S/C39H59N9O10/c1-47(2)38-36-37(35-29-31-28-33(50)7-8-34(31)44-35)45-48(39(36)42-30-41-38)11-5-3-4-6-32(49)9-12-51-14-16-53-18-20-55-22-24-57-26-27-58-25-23-56-21-19-54-17-15-52-13-10-43-46-40/h7-8,28-30,44,50H,3-6,9-27H2,1-2H3. The summed E-state index contributed by atoms with van der Waals surface area (Å²) in [6.45, 7) is 8.23. The van der Waals surface area contributed by atoms with Crippen LogP contribution in [0, 0.1) is 0 Å². The second-order valence-electron chi connectivity index (χ2n) is 13.3. The van der Waals surface area contributed by atoms with Crippen molar-refractivity contribution in [1.82, 2.24) is 24.7 Å². The Kier molecular flexibility index (Phi) is 22.4. The van der Waals surface area contributed by atoms with E-state index in [4.69, 9.17) is 48.5 Å². The van der Waals surface area contributed by atoms with E-state index in [9.17, 15) is 9.90 Å². The molecule has 320 valence electrons. The molecule has 0 atom stereocenters. The molecule has 0 aliphatic carbocycles. The highest BCUT2D eigenvalue weighted by molar-refractivity contribution is 6.00. The number of aromatic hydroxyl groups is 1. The van der Waals surface area contributed by atoms with Gasteiger partial charge in [0.1, 0.15) is 29.4 Å². The van der Waals surface area contributed by atoms with Crippen molar-refractivity contribution in [3.63, 3.8) is 0 Å². The molecule has 0 radical (unpaired) electrons. The summed E-state index contributed by atoms with van der Waals surface area (Å²) >= 11 is 0. The molecule has 0 aliphatic heterocycles. The normalized spacial score (nSPS) is 11.5. The third kappa shape index (κ3) is 17.2. The lowest BCUT2D eigenvalue weighted by atomic mass is 10.1. The molecule has 19 heteroatoms. The van der Waals surface area contributed by atoms with E-state index in [-0.39, 0.29) is 11.5 Å². The van der Waals surface area contributed by atoms with Crippen LogP contribution in [0.2, 0.25) is 0 Å². The third-order valence-electron chi connectivity index (χ3n) is 8.65. The molecule has 0 fully saturated rings. The number of phenolic OH excluding ortho intramolecular Hbond substituents is 1. The zero-order valence-corrected chi connectivity index (χ0v) is 33.8. The quantitative estimate of drug-likeness (QED) is 0.0278. The summed E-state index contributed by atoms with van der Waals surface area (Å²) < 4.78 is 45.5. The number of azide groups is 1. The summed E-state index contributed by atoms with van der Waals surface area (Å²) in [5.41, 5.74) is 11.4. The molecule has 0 unspecified atom stereocenters. The monoisotopic (exact) mass is 813 g/mol. The lowest BCUT2D eigenvalue weighted by molar-refractivity contribution is -0.120. The Morgan fingerprint density at radius 3 is 1.90 bits per heavy atom. The number of ether oxygens (including phenoxy) is 8. The van der Waals surface area contributed by atoms with Crippen molar-refractivity contribution in [2.75, 3.05) is 131 Å². The number of aromatic amines is 1. The number of benzene rings is 1. The van der Waals surface area contributed by atoms with Crippen LogP contribution in [0.1, 0.15) is 32.1 Å². The fourth-order valence-corrected chi connectivity index (χ4v) is 5.79. The number of carbonyl (C=O) groups is 1. The number of fused-ring (bicyclic) bond motifs is 2. The van der Waals surface area contributed by atoms with Crippen molar-refractivity contribution in [2.24, 2.45) is 5.11 Å². The highest BCUT2D eigenvalue weighted by atomic mass is 16.6. The Bertz CT molecular complexity index is 1800. The number of carbonyl (C=O) groups excluding carboxylic acids is 1. The largest absolute Gasteiger partial charge is 0.508 e. The first-order chi connectivity index (χ1) is 28.5. The SMILES string of the molecule is CN(C)c1ncnc2c1c(-c1cc3cc(O)ccc3[nH]1)nn2CCCCCC(=O)CCOCCOCCOCCOCCOCCOCCOCCOCCN=[N+]=[N-]. The number of anilines is 1. The number of Topliss-reactive ketones (excluding diaryl/α,β-unsaturated/α-hetero) is 1. The molecular weight excluding hydrogens is 754 g/mol. The van der Waals surface area contributed by atoms with E-state index < -0.39 is 0 Å². The van der Waals surface area contributed by atoms with Crippen LogP contribution in [0.15, 0.2) is 35.7 Å². The summed E-state index contributed by atoms with van der Waals surface area (Å²) in [6.07, 6.45) is 4.99. The van der Waals surface area contributed by atoms with Gasteiger partial charge in [0.05, 0.1) is 117 Å². The molecule has 4 aromatic rings. The third-order valence-corrected chi connectivity index (χ3v) is 8.65. The highest BCUT2D eigenvalue weighted by Crippen LogP contribution is 2.34. The van der Waals surface area contributed by atoms with Gasteiger partial charge in [-0.05, 0) is 42.6 Å². The lowest BCUT2D eigenvalue weighted by Gasteiger charge is -2.12. The number of phenols is 1. The molecule has 0 bridgehead atoms. The number of rotatable bonds is 35. The topological polar surface area (TPSA) is 223 Å². The van der Waals surface area contributed by atoms with Crippen molar-refractivity contribution < 1.29 is 47.8 Å². The van der Waals surface area contributed by atoms with Crippen LogP contribution in [0.25, 0.3) is 43.8 Å². The van der Waals surface area contributed by atoms with Crippen LogP contribution in [0.3, 0.4) is 0 Å². The summed E-state index contributed by atoms with van der Waals surface area (Å²) in [6, 6.07) is 7.20. The van der Waals surface area contributed by atoms with Crippen molar-refractivity contribution in [1.29, 1.82) is 0 Å². The second-order valence-corrected chi connectivity index (χ2v) is 13.3. The fourth-order valence-electron chi connectivity index (χ4n) is 5.79. The molecule has 1 aromatic carbocycles. The van der Waals surface area contributed by atoms with Crippen molar-refractivity contribution in [3.05, 3.63) is 41.0 Å². The van der Waals surface area contributed by atoms with E-state index in [1.165, 1.54) is 0 Å². The van der Waals surface area contributed by atoms with E-state index in [0.717, 1.165) is 58.4 Å². The van der Waals surface area contributed by atoms with Gasteiger partial charge in [-0.25, -0.2) is 14.6 Å². The van der Waals surface area contributed by atoms with E-state index >= 15 is 0 Å². The summed E-state index contributed by atoms with van der Waals surface area (Å²) in [7, 11) is 3.89. The van der Waals surface area contributed by atoms with Crippen LogP contribution in [-0.4, -0.2) is 162 Å². The number of nitrogens with zero attached hydrogens (tertiary/aromatic N) is 8. The number of aryl methyl sites for hydroxylation is 1. The molecule has 0 saturated carbocycles. The molecule has 3 aromatic heterocycles. The van der Waals surface area contributed by atoms with Crippen LogP contribution in [-0.2, 0) is 49.2 Å². The van der Waals surface area contributed by atoms with Gasteiger partial charge in [-0.3, -0.25) is 4.79 Å². The van der Waals surface area contributed by atoms with Crippen LogP contribution in [0.4, 0.5) is 5.82 Å². The van der Waals surface area contributed by atoms with Gasteiger partial charge in [-0.2, -0.15) is 5.10 Å². The van der Waals surface area contributed by atoms with Gasteiger partial charge < -0.3 is 52.9 Å². The maximum absolute atomic E-state index is 12.4. The van der Waals surface area contributed by atoms with Gasteiger partial charge in [0.2, 0.25) is 0 Å². The molecule has 58 heavy (non-hydrogen) atoms. The molecule has 3 heterocycles. The Morgan fingerprint density at radius 2 is 1.33 bits per heavy atom. The minimum Gasteiger partial charge on any atom is -0.508 e. The second kappa shape index (κ2) is 28.1. The van der Waals surface area contributed by atoms with E-state index in [1.807, 2.05) is 35.8 Å². The van der Waals surface area contributed by atoms with Crippen molar-refractivity contribution in [2.45, 2.75) is 38.6 Å². The maximum Gasteiger partial charge on any atom is 0.164 e. The molecule has 0 saturated heterocycles. The smallest absolute Gasteiger partial charge is 0.164 e. The Balaban J connectivity index is 0.928. The number of hydrogen-bond donors (Lipinski definition) is 2. The van der Waals surface area contributed by atoms with Gasteiger partial charge in [0, 0.05) is 55.8 Å². The number of nitrogens with one attached hydrogen (secondary N) is 1. The van der Waals surface area contributed by atoms with Gasteiger partial charge in [-0.15, -0.1) is 0 Å². The van der Waals surface area contributed by atoms with Gasteiger partial charge in [0.25, 0.3) is 0 Å². The lowest BCUT2D eigenvalue weighted by Crippen LogP contribution is -2.15. The Hall–Kier alpha value is -4.43. The molecule has 0 amide bonds. The highest BCUT2D eigenvalue weighted by Gasteiger charge is 2.20. The molecule has 19 nitrogen and oxygen atoms in total. The van der Waals surface area contributed by atoms with Gasteiger partial charge >= 0.3 is 0 Å². The van der Waals surface area contributed by atoms with E-state index in [0.29, 0.717) is 132 Å². The summed E-state index contributed by atoms with van der Waals surface area (Å²) in [5, 5.41) is 20.0. The minimum absolute atomic E-state index is 0.190. The number of ketones is 1. The van der Waals surface area contributed by atoms with E-state index in [1.54, 1.807) is 18.5 Å². The number of unbranched alkanes of at least 4 members (excludes halogenated alkanes) is 2.